The molecule has 6 nitrogen and oxygen atoms in total. The van der Waals surface area contributed by atoms with Gasteiger partial charge in [0.2, 0.25) is 5.89 Å². The fraction of sp³-hybridized carbons (Fsp3) is 0.154. The Labute approximate surface area is 123 Å². The second kappa shape index (κ2) is 6.33. The number of carboxylic acids is 1. The van der Waals surface area contributed by atoms with Crippen LogP contribution in [0, 0.1) is 6.92 Å². The molecule has 0 spiro atoms. The van der Waals surface area contributed by atoms with Gasteiger partial charge in [0.15, 0.2) is 6.61 Å². The average molecular weight is 339 g/mol. The molecular weight excluding hydrogens is 328 g/mol. The van der Waals surface area contributed by atoms with Gasteiger partial charge in [0.25, 0.3) is 5.89 Å². The summed E-state index contributed by atoms with van der Waals surface area (Å²) in [6, 6.07) is 5.24. The first-order chi connectivity index (χ1) is 9.54. The number of hydrogen-bond acceptors (Lipinski definition) is 5. The maximum absolute atomic E-state index is 10.5. The Kier molecular flexibility index (Phi) is 4.52. The lowest BCUT2D eigenvalue weighted by molar-refractivity contribution is -0.131. The summed E-state index contributed by atoms with van der Waals surface area (Å²) in [5.41, 5.74) is 0.701. The van der Waals surface area contributed by atoms with Gasteiger partial charge in [-0.05, 0) is 29.8 Å². The number of ether oxygens (including phenoxy) is 1. The van der Waals surface area contributed by atoms with Crippen molar-refractivity contribution in [1.29, 1.82) is 0 Å². The van der Waals surface area contributed by atoms with Crippen molar-refractivity contribution in [3.8, 4) is 5.75 Å². The molecule has 20 heavy (non-hydrogen) atoms. The Morgan fingerprint density at radius 2 is 2.30 bits per heavy atom. The van der Waals surface area contributed by atoms with Crippen molar-refractivity contribution in [2.24, 2.45) is 0 Å². The van der Waals surface area contributed by atoms with Crippen LogP contribution in [0.4, 0.5) is 0 Å². The van der Waals surface area contributed by atoms with Crippen LogP contribution in [0.15, 0.2) is 33.2 Å². The van der Waals surface area contributed by atoms with Gasteiger partial charge in [-0.15, -0.1) is 10.2 Å². The van der Waals surface area contributed by atoms with Crippen LogP contribution in [-0.2, 0) is 11.4 Å². The van der Waals surface area contributed by atoms with Crippen molar-refractivity contribution in [3.63, 3.8) is 0 Å². The standard InChI is InChI=1S/C13H11BrN2O4/c1-8-15-16-12(20-8)7-19-10-3-4-11(14)9(6-10)2-5-13(17)18/h2-6H,7H2,1H3,(H,17,18)/b5-2+. The van der Waals surface area contributed by atoms with Crippen LogP contribution in [0.1, 0.15) is 17.3 Å². The summed E-state index contributed by atoms with van der Waals surface area (Å²) in [6.07, 6.45) is 2.54. The number of rotatable bonds is 5. The maximum atomic E-state index is 10.5. The molecule has 0 bridgehead atoms. The molecule has 0 unspecified atom stereocenters. The summed E-state index contributed by atoms with van der Waals surface area (Å²) in [5.74, 6) is 0.427. The van der Waals surface area contributed by atoms with Crippen LogP contribution < -0.4 is 4.74 Å². The molecule has 0 aliphatic carbocycles. The van der Waals surface area contributed by atoms with E-state index in [0.717, 1.165) is 10.5 Å². The minimum Gasteiger partial charge on any atom is -0.484 e. The predicted octanol–water partition coefficient (Wildman–Crippen LogP) is 2.82. The molecule has 0 amide bonds. The summed E-state index contributed by atoms with van der Waals surface area (Å²) >= 11 is 3.34. The number of aryl methyl sites for hydroxylation is 1. The van der Waals surface area contributed by atoms with E-state index in [1.165, 1.54) is 6.08 Å². The fourth-order valence-corrected chi connectivity index (χ4v) is 1.82. The van der Waals surface area contributed by atoms with Gasteiger partial charge in [-0.2, -0.15) is 0 Å². The number of aromatic nitrogens is 2. The first-order valence-electron chi connectivity index (χ1n) is 5.67. The molecule has 0 aliphatic rings. The van der Waals surface area contributed by atoms with Gasteiger partial charge in [-0.1, -0.05) is 15.9 Å². The number of aliphatic carboxylic acids is 1. The van der Waals surface area contributed by atoms with E-state index in [0.29, 0.717) is 23.1 Å². The highest BCUT2D eigenvalue weighted by Gasteiger charge is 2.05. The minimum atomic E-state index is -1.01. The van der Waals surface area contributed by atoms with Crippen molar-refractivity contribution in [2.75, 3.05) is 0 Å². The fourth-order valence-electron chi connectivity index (χ4n) is 1.44. The van der Waals surface area contributed by atoms with Crippen molar-refractivity contribution in [3.05, 3.63) is 46.1 Å². The summed E-state index contributed by atoms with van der Waals surface area (Å²) in [6.45, 7) is 1.86. The zero-order chi connectivity index (χ0) is 14.5. The highest BCUT2D eigenvalue weighted by Crippen LogP contribution is 2.24. The Morgan fingerprint density at radius 1 is 1.50 bits per heavy atom. The van der Waals surface area contributed by atoms with Gasteiger partial charge in [-0.25, -0.2) is 4.79 Å². The lowest BCUT2D eigenvalue weighted by atomic mass is 10.2. The number of nitrogens with zero attached hydrogens (tertiary/aromatic N) is 2. The van der Waals surface area contributed by atoms with Crippen molar-refractivity contribution in [2.45, 2.75) is 13.5 Å². The van der Waals surface area contributed by atoms with E-state index < -0.39 is 5.97 Å². The molecule has 0 saturated heterocycles. The normalized spacial score (nSPS) is 10.9. The number of carbonyl (C=O) groups is 1. The van der Waals surface area contributed by atoms with Crippen LogP contribution in [0.2, 0.25) is 0 Å². The Balaban J connectivity index is 2.08. The lowest BCUT2D eigenvalue weighted by Crippen LogP contribution is -1.96. The molecule has 1 N–H and O–H groups in total. The van der Waals surface area contributed by atoms with E-state index in [1.54, 1.807) is 25.1 Å². The minimum absolute atomic E-state index is 0.157. The Bertz CT molecular complexity index is 652. The van der Waals surface area contributed by atoms with Crippen LogP contribution >= 0.6 is 15.9 Å². The summed E-state index contributed by atoms with van der Waals surface area (Å²) in [4.78, 5) is 10.5. The third-order valence-electron chi connectivity index (χ3n) is 2.30. The highest BCUT2D eigenvalue weighted by molar-refractivity contribution is 9.10. The summed E-state index contributed by atoms with van der Waals surface area (Å²) in [5, 5.41) is 16.1. The van der Waals surface area contributed by atoms with E-state index in [9.17, 15) is 4.79 Å². The predicted molar refractivity (Wildman–Crippen MR) is 74.2 cm³/mol. The molecule has 7 heteroatoms. The van der Waals surface area contributed by atoms with Gasteiger partial charge in [0.1, 0.15) is 5.75 Å². The number of benzene rings is 1. The van der Waals surface area contributed by atoms with E-state index in [2.05, 4.69) is 26.1 Å². The molecule has 0 saturated carbocycles. The number of carboxylic acid groups (broad SMARTS) is 1. The van der Waals surface area contributed by atoms with E-state index in [4.69, 9.17) is 14.3 Å². The SMILES string of the molecule is Cc1nnc(COc2ccc(Br)c(/C=C/C(=O)O)c2)o1. The van der Waals surface area contributed by atoms with E-state index >= 15 is 0 Å². The second-order valence-corrected chi connectivity index (χ2v) is 4.71. The lowest BCUT2D eigenvalue weighted by Gasteiger charge is -2.05. The summed E-state index contributed by atoms with van der Waals surface area (Å²) < 4.78 is 11.5. The largest absolute Gasteiger partial charge is 0.484 e. The molecule has 104 valence electrons. The quantitative estimate of drug-likeness (QED) is 0.843. The van der Waals surface area contributed by atoms with Crippen molar-refractivity contribution in [1.82, 2.24) is 10.2 Å². The van der Waals surface area contributed by atoms with Crippen LogP contribution in [0.5, 0.6) is 5.75 Å². The van der Waals surface area contributed by atoms with Crippen molar-refractivity contribution >= 4 is 28.0 Å². The Hall–Kier alpha value is -2.15. The number of hydrogen-bond donors (Lipinski definition) is 1. The monoisotopic (exact) mass is 338 g/mol. The zero-order valence-corrected chi connectivity index (χ0v) is 12.1. The molecule has 0 atom stereocenters. The maximum Gasteiger partial charge on any atom is 0.328 e. The highest BCUT2D eigenvalue weighted by atomic mass is 79.9. The number of halogens is 1. The third kappa shape index (κ3) is 3.92. The Morgan fingerprint density at radius 3 is 2.95 bits per heavy atom. The average Bonchev–Trinajstić information content (AvgIpc) is 2.82. The molecule has 0 aliphatic heterocycles. The first kappa shape index (κ1) is 14.3. The van der Waals surface area contributed by atoms with Crippen LogP contribution in [0.25, 0.3) is 6.08 Å². The molecule has 1 aromatic carbocycles. The summed E-state index contributed by atoms with van der Waals surface area (Å²) in [7, 11) is 0. The smallest absolute Gasteiger partial charge is 0.328 e. The van der Waals surface area contributed by atoms with Crippen LogP contribution in [0.3, 0.4) is 0 Å². The van der Waals surface area contributed by atoms with Gasteiger partial charge in [0.05, 0.1) is 0 Å². The first-order valence-corrected chi connectivity index (χ1v) is 6.46. The van der Waals surface area contributed by atoms with E-state index in [1.807, 2.05) is 0 Å². The van der Waals surface area contributed by atoms with Crippen molar-refractivity contribution < 1.29 is 19.1 Å². The molecular formula is C13H11BrN2O4. The van der Waals surface area contributed by atoms with Gasteiger partial charge in [0, 0.05) is 17.5 Å². The van der Waals surface area contributed by atoms with Gasteiger partial charge < -0.3 is 14.3 Å². The topological polar surface area (TPSA) is 85.5 Å². The molecule has 1 heterocycles. The van der Waals surface area contributed by atoms with Crippen LogP contribution in [-0.4, -0.2) is 21.3 Å². The van der Waals surface area contributed by atoms with E-state index in [-0.39, 0.29) is 6.61 Å². The zero-order valence-electron chi connectivity index (χ0n) is 10.5. The second-order valence-electron chi connectivity index (χ2n) is 3.86. The van der Waals surface area contributed by atoms with Gasteiger partial charge in [-0.3, -0.25) is 0 Å². The van der Waals surface area contributed by atoms with Gasteiger partial charge >= 0.3 is 5.97 Å². The molecule has 2 aromatic rings. The third-order valence-corrected chi connectivity index (χ3v) is 3.03. The molecule has 0 radical (unpaired) electrons. The molecule has 1 aromatic heterocycles. The molecule has 2 rings (SSSR count). The molecule has 0 fully saturated rings.